The number of halogens is 1. The number of carbonyl (C=O) groups excluding carboxylic acids is 1. The third-order valence-electron chi connectivity index (χ3n) is 2.18. The van der Waals surface area contributed by atoms with E-state index in [1.807, 2.05) is 13.8 Å². The van der Waals surface area contributed by atoms with Gasteiger partial charge in [0.2, 0.25) is 0 Å². The van der Waals surface area contributed by atoms with Crippen molar-refractivity contribution in [3.8, 4) is 0 Å². The zero-order chi connectivity index (χ0) is 13.0. The van der Waals surface area contributed by atoms with Gasteiger partial charge in [0, 0.05) is 6.04 Å². The summed E-state index contributed by atoms with van der Waals surface area (Å²) in [7, 11) is -1.43. The molecule has 0 aliphatic rings. The molecule has 1 aromatic rings. The van der Waals surface area contributed by atoms with Crippen LogP contribution in [0.25, 0.3) is 0 Å². The average molecular weight is 275 g/mol. The third kappa shape index (κ3) is 4.64. The summed E-state index contributed by atoms with van der Waals surface area (Å²) in [5, 5.41) is 0. The molecule has 1 unspecified atom stereocenters. The highest BCUT2D eigenvalue weighted by atomic mass is 32.2. The maximum absolute atomic E-state index is 12.8. The lowest BCUT2D eigenvalue weighted by molar-refractivity contribution is -0.117. The topological polar surface area (TPSA) is 68.9 Å². The van der Waals surface area contributed by atoms with Gasteiger partial charge in [0.05, 0.1) is 11.4 Å². The first-order chi connectivity index (χ1) is 7.91. The van der Waals surface area contributed by atoms with Gasteiger partial charge in [-0.3, -0.25) is 4.79 Å². The van der Waals surface area contributed by atoms with Gasteiger partial charge >= 0.3 is 0 Å². The quantitative estimate of drug-likeness (QED) is 0.813. The van der Waals surface area contributed by atoms with Gasteiger partial charge in [-0.2, -0.15) is 0 Å². The molecule has 1 rings (SSSR count). The van der Waals surface area contributed by atoms with Crippen molar-refractivity contribution in [2.45, 2.75) is 31.7 Å². The molecule has 102 valence electrons. The number of ketones is 1. The second-order valence-electron chi connectivity index (χ2n) is 4.07. The molecule has 0 aliphatic heterocycles. The van der Waals surface area contributed by atoms with E-state index in [2.05, 4.69) is 0 Å². The fourth-order valence-corrected chi connectivity index (χ4v) is 2.66. The maximum atomic E-state index is 12.8. The van der Waals surface area contributed by atoms with Gasteiger partial charge < -0.3 is 5.48 Å². The van der Waals surface area contributed by atoms with Gasteiger partial charge in [-0.25, -0.2) is 12.9 Å². The monoisotopic (exact) mass is 275 g/mol. The van der Waals surface area contributed by atoms with Crippen LogP contribution in [-0.4, -0.2) is 32.4 Å². The van der Waals surface area contributed by atoms with E-state index in [0.717, 1.165) is 0 Å². The van der Waals surface area contributed by atoms with Gasteiger partial charge in [-0.15, -0.1) is 0 Å². The molecule has 1 atom stereocenters. The molecule has 0 saturated carbocycles. The van der Waals surface area contributed by atoms with Gasteiger partial charge in [0.1, 0.15) is 22.6 Å². The van der Waals surface area contributed by atoms with E-state index in [1.165, 1.54) is 31.2 Å². The van der Waals surface area contributed by atoms with Crippen molar-refractivity contribution >= 4 is 16.8 Å². The first-order valence-corrected chi connectivity index (χ1v) is 6.46. The van der Waals surface area contributed by atoms with Crippen molar-refractivity contribution in [1.82, 2.24) is 4.31 Å². The number of rotatable bonds is 5. The van der Waals surface area contributed by atoms with Crippen LogP contribution in [0.5, 0.6) is 0 Å². The molecule has 0 amide bonds. The van der Waals surface area contributed by atoms with Crippen LogP contribution in [0.2, 0.25) is 0 Å². The Morgan fingerprint density at radius 3 is 2.22 bits per heavy atom. The lowest BCUT2D eigenvalue weighted by Crippen LogP contribution is -2.36. The molecule has 4 nitrogen and oxygen atoms in total. The number of Topliss-reactive ketones (excluding diaryl/α,β-unsaturated/α-hetero) is 1. The van der Waals surface area contributed by atoms with Crippen molar-refractivity contribution < 1.29 is 18.9 Å². The molecule has 0 heterocycles. The molecule has 0 aliphatic carbocycles. The average Bonchev–Trinajstić information content (AvgIpc) is 2.25. The minimum Gasteiger partial charge on any atom is -0.412 e. The van der Waals surface area contributed by atoms with Gasteiger partial charge in [0.25, 0.3) is 0 Å². The highest BCUT2D eigenvalue weighted by Crippen LogP contribution is 2.14. The fraction of sp³-hybridized carbons (Fsp3) is 0.417. The van der Waals surface area contributed by atoms with Crippen molar-refractivity contribution in [2.24, 2.45) is 0 Å². The minimum atomic E-state index is -1.43. The SMILES string of the molecule is CC(=O)CN(C(C)C)S(=O)c1ccc(F)cc1.O. The summed E-state index contributed by atoms with van der Waals surface area (Å²) in [6.45, 7) is 5.31. The molecular weight excluding hydrogens is 257 g/mol. The summed E-state index contributed by atoms with van der Waals surface area (Å²) in [5.74, 6) is -0.414. The van der Waals surface area contributed by atoms with Crippen molar-refractivity contribution in [3.63, 3.8) is 0 Å². The fourth-order valence-electron chi connectivity index (χ4n) is 1.34. The zero-order valence-electron chi connectivity index (χ0n) is 10.6. The van der Waals surface area contributed by atoms with E-state index in [1.54, 1.807) is 4.31 Å². The van der Waals surface area contributed by atoms with Gasteiger partial charge in [-0.1, -0.05) is 0 Å². The van der Waals surface area contributed by atoms with Crippen molar-refractivity contribution in [2.75, 3.05) is 6.54 Å². The van der Waals surface area contributed by atoms with Crippen LogP contribution in [0.15, 0.2) is 29.2 Å². The molecule has 2 N–H and O–H groups in total. The maximum Gasteiger partial charge on any atom is 0.144 e. The third-order valence-corrected chi connectivity index (χ3v) is 3.83. The first-order valence-electron chi connectivity index (χ1n) is 5.35. The molecule has 0 spiro atoms. The number of benzene rings is 1. The lowest BCUT2D eigenvalue weighted by Gasteiger charge is -2.23. The lowest BCUT2D eigenvalue weighted by atomic mass is 10.3. The predicted octanol–water partition coefficient (Wildman–Crippen LogP) is 1.32. The molecular formula is C12H18FNO3S. The summed E-state index contributed by atoms with van der Waals surface area (Å²) >= 11 is 0. The smallest absolute Gasteiger partial charge is 0.144 e. The van der Waals surface area contributed by atoms with Crippen molar-refractivity contribution in [1.29, 1.82) is 0 Å². The van der Waals surface area contributed by atoms with E-state index in [0.29, 0.717) is 4.90 Å². The summed E-state index contributed by atoms with van der Waals surface area (Å²) in [5.41, 5.74) is 0. The van der Waals surface area contributed by atoms with E-state index in [4.69, 9.17) is 0 Å². The largest absolute Gasteiger partial charge is 0.412 e. The Morgan fingerprint density at radius 1 is 1.33 bits per heavy atom. The number of carbonyl (C=O) groups is 1. The van der Waals surface area contributed by atoms with Crippen LogP contribution in [0.4, 0.5) is 4.39 Å². The van der Waals surface area contributed by atoms with E-state index in [-0.39, 0.29) is 29.7 Å². The van der Waals surface area contributed by atoms with Crippen LogP contribution in [-0.2, 0) is 15.8 Å². The highest BCUT2D eigenvalue weighted by molar-refractivity contribution is 7.82. The van der Waals surface area contributed by atoms with Crippen LogP contribution in [0.3, 0.4) is 0 Å². The predicted molar refractivity (Wildman–Crippen MR) is 68.9 cm³/mol. The normalized spacial score (nSPS) is 12.3. The van der Waals surface area contributed by atoms with E-state index >= 15 is 0 Å². The minimum absolute atomic E-state index is 0. The van der Waals surface area contributed by atoms with Crippen LogP contribution in [0.1, 0.15) is 20.8 Å². The summed E-state index contributed by atoms with van der Waals surface area (Å²) in [6, 6.07) is 5.45. The Bertz CT molecular complexity index is 420. The zero-order valence-corrected chi connectivity index (χ0v) is 11.5. The Labute approximate surface area is 109 Å². The number of hydrogen-bond acceptors (Lipinski definition) is 2. The van der Waals surface area contributed by atoms with E-state index < -0.39 is 11.0 Å². The summed E-state index contributed by atoms with van der Waals surface area (Å²) in [6.07, 6.45) is 0. The summed E-state index contributed by atoms with van der Waals surface area (Å²) in [4.78, 5) is 11.6. The molecule has 0 aromatic heterocycles. The van der Waals surface area contributed by atoms with Crippen LogP contribution >= 0.6 is 0 Å². The van der Waals surface area contributed by atoms with Gasteiger partial charge in [-0.05, 0) is 45.0 Å². The standard InChI is InChI=1S/C12H16FNO2S.H2O/c1-9(2)14(8-10(3)15)17(16)12-6-4-11(13)5-7-12;/h4-7,9H,8H2,1-3H3;1H2. The molecule has 6 heteroatoms. The molecule has 18 heavy (non-hydrogen) atoms. The van der Waals surface area contributed by atoms with E-state index in [9.17, 15) is 13.4 Å². The molecule has 1 aromatic carbocycles. The van der Waals surface area contributed by atoms with Crippen LogP contribution < -0.4 is 0 Å². The summed E-state index contributed by atoms with van der Waals surface area (Å²) < 4.78 is 26.5. The molecule has 0 fully saturated rings. The second-order valence-corrected chi connectivity index (χ2v) is 5.51. The molecule has 0 saturated heterocycles. The molecule has 0 radical (unpaired) electrons. The number of hydrogen-bond donors (Lipinski definition) is 0. The Kier molecular flexibility index (Phi) is 6.90. The van der Waals surface area contributed by atoms with Crippen molar-refractivity contribution in [3.05, 3.63) is 30.1 Å². The number of nitrogens with zero attached hydrogens (tertiary/aromatic N) is 1. The highest BCUT2D eigenvalue weighted by Gasteiger charge is 2.19. The van der Waals surface area contributed by atoms with Gasteiger partial charge in [0.15, 0.2) is 0 Å². The molecule has 0 bridgehead atoms. The van der Waals surface area contributed by atoms with Crippen LogP contribution in [0, 0.1) is 5.82 Å². The Morgan fingerprint density at radius 2 is 1.83 bits per heavy atom. The second kappa shape index (κ2) is 7.35. The first kappa shape index (κ1) is 16.9. The Hall–Kier alpha value is -1.11. The Balaban J connectivity index is 0.00000289.